The zero-order valence-corrected chi connectivity index (χ0v) is 23.9. The number of hydrazine groups is 1. The van der Waals surface area contributed by atoms with E-state index >= 15 is 0 Å². The highest BCUT2D eigenvalue weighted by molar-refractivity contribution is 5.92. The molecule has 1 rings (SSSR count). The summed E-state index contributed by atoms with van der Waals surface area (Å²) in [6.45, 7) is -1.95. The zero-order valence-electron chi connectivity index (χ0n) is 23.9. The van der Waals surface area contributed by atoms with Gasteiger partial charge < -0.3 is 36.0 Å². The Morgan fingerprint density at radius 3 is 1.61 bits per heavy atom. The van der Waals surface area contributed by atoms with E-state index in [1.807, 2.05) is 0 Å². The molecule has 2 atom stereocenters. The SMILES string of the molecule is CC(CN(CC(=O)O)CC(Cc1ccc(NC(=O)CCC(=O)O)cc1)NN(CC(=O)O)CC(=O)O)N(CC(=O)O)CC(=O)O. The van der Waals surface area contributed by atoms with Crippen LogP contribution in [0.3, 0.4) is 0 Å². The van der Waals surface area contributed by atoms with Gasteiger partial charge in [0.05, 0.1) is 26.1 Å². The highest BCUT2D eigenvalue weighted by Gasteiger charge is 2.26. The summed E-state index contributed by atoms with van der Waals surface area (Å²) in [5.74, 6) is -8.16. The number of hydrogen-bond acceptors (Lipinski definition) is 11. The average Bonchev–Trinajstić information content (AvgIpc) is 2.86. The molecule has 0 saturated carbocycles. The average molecular weight is 628 g/mol. The van der Waals surface area contributed by atoms with Gasteiger partial charge in [-0.25, -0.2) is 10.4 Å². The lowest BCUT2D eigenvalue weighted by molar-refractivity contribution is -0.145. The van der Waals surface area contributed by atoms with Crippen molar-refractivity contribution in [2.24, 2.45) is 0 Å². The van der Waals surface area contributed by atoms with Crippen LogP contribution in [-0.2, 0) is 40.0 Å². The van der Waals surface area contributed by atoms with E-state index in [0.29, 0.717) is 11.3 Å². The Morgan fingerprint density at radius 2 is 1.16 bits per heavy atom. The number of rotatable bonds is 23. The number of anilines is 1. The second kappa shape index (κ2) is 18.8. The van der Waals surface area contributed by atoms with Crippen molar-refractivity contribution in [3.8, 4) is 0 Å². The van der Waals surface area contributed by atoms with Gasteiger partial charge in [0.15, 0.2) is 0 Å². The Labute approximate surface area is 251 Å². The highest BCUT2D eigenvalue weighted by Crippen LogP contribution is 2.14. The molecule has 1 amide bonds. The van der Waals surface area contributed by atoms with Crippen molar-refractivity contribution in [2.45, 2.75) is 38.3 Å². The Kier molecular flexibility index (Phi) is 16.0. The number of amides is 1. The van der Waals surface area contributed by atoms with Crippen molar-refractivity contribution >= 4 is 47.4 Å². The third-order valence-electron chi connectivity index (χ3n) is 5.96. The summed E-state index contributed by atoms with van der Waals surface area (Å²) in [5, 5.41) is 58.6. The molecule has 244 valence electrons. The number of nitrogens with one attached hydrogen (secondary N) is 2. The summed E-state index contributed by atoms with van der Waals surface area (Å²) in [6, 6.07) is 4.72. The second-order valence-electron chi connectivity index (χ2n) is 9.94. The predicted octanol–water partition coefficient (Wildman–Crippen LogP) is -1.38. The number of carboxylic acid groups (broad SMARTS) is 6. The monoisotopic (exact) mass is 627 g/mol. The smallest absolute Gasteiger partial charge is 0.319 e. The molecule has 0 fully saturated rings. The van der Waals surface area contributed by atoms with Crippen LogP contribution < -0.4 is 10.7 Å². The van der Waals surface area contributed by atoms with Crippen molar-refractivity contribution in [1.82, 2.24) is 20.2 Å². The molecule has 18 nitrogen and oxygen atoms in total. The molecular weight excluding hydrogens is 590 g/mol. The minimum absolute atomic E-state index is 0.0987. The van der Waals surface area contributed by atoms with Gasteiger partial charge in [-0.1, -0.05) is 12.1 Å². The number of carbonyl (C=O) groups excluding carboxylic acids is 1. The van der Waals surface area contributed by atoms with E-state index in [1.54, 1.807) is 12.1 Å². The van der Waals surface area contributed by atoms with E-state index in [0.717, 1.165) is 9.91 Å². The Balaban J connectivity index is 3.25. The van der Waals surface area contributed by atoms with Crippen molar-refractivity contribution in [3.05, 3.63) is 29.8 Å². The van der Waals surface area contributed by atoms with Gasteiger partial charge in [0.1, 0.15) is 13.1 Å². The van der Waals surface area contributed by atoms with Crippen LogP contribution in [0, 0.1) is 0 Å². The molecular formula is C26H37N5O13. The summed E-state index contributed by atoms with van der Waals surface area (Å²) < 4.78 is 0. The lowest BCUT2D eigenvalue weighted by atomic mass is 10.0. The number of carbonyl (C=O) groups is 7. The normalized spacial score (nSPS) is 12.5. The molecule has 1 aromatic carbocycles. The predicted molar refractivity (Wildman–Crippen MR) is 150 cm³/mol. The van der Waals surface area contributed by atoms with Crippen LogP contribution in [0.1, 0.15) is 25.3 Å². The number of carboxylic acids is 6. The molecule has 44 heavy (non-hydrogen) atoms. The fraction of sp³-hybridized carbons (Fsp3) is 0.500. The van der Waals surface area contributed by atoms with E-state index in [4.69, 9.17) is 5.11 Å². The molecule has 0 aliphatic rings. The summed E-state index contributed by atoms with van der Waals surface area (Å²) in [4.78, 5) is 82.1. The fourth-order valence-electron chi connectivity index (χ4n) is 4.25. The number of benzene rings is 1. The Bertz CT molecular complexity index is 1150. The molecule has 1 aromatic rings. The summed E-state index contributed by atoms with van der Waals surface area (Å²) in [5.41, 5.74) is 3.80. The van der Waals surface area contributed by atoms with Gasteiger partial charge in [0, 0.05) is 37.3 Å². The lowest BCUT2D eigenvalue weighted by Gasteiger charge is -2.34. The molecule has 0 aromatic heterocycles. The maximum absolute atomic E-state index is 11.9. The molecule has 8 N–H and O–H groups in total. The Hall–Kier alpha value is -4.65. The molecule has 18 heteroatoms. The summed E-state index contributed by atoms with van der Waals surface area (Å²) in [7, 11) is 0. The van der Waals surface area contributed by atoms with Crippen molar-refractivity contribution in [2.75, 3.05) is 51.1 Å². The number of hydrogen-bond donors (Lipinski definition) is 8. The Morgan fingerprint density at radius 1 is 0.659 bits per heavy atom. The molecule has 0 radical (unpaired) electrons. The van der Waals surface area contributed by atoms with Gasteiger partial charge in [0.25, 0.3) is 0 Å². The van der Waals surface area contributed by atoms with E-state index in [-0.39, 0.29) is 32.4 Å². The van der Waals surface area contributed by atoms with Crippen LogP contribution in [0.25, 0.3) is 0 Å². The van der Waals surface area contributed by atoms with E-state index in [2.05, 4.69) is 10.7 Å². The third-order valence-corrected chi connectivity index (χ3v) is 5.96. The number of aliphatic carboxylic acids is 6. The maximum Gasteiger partial charge on any atom is 0.319 e. The molecule has 0 aliphatic heterocycles. The van der Waals surface area contributed by atoms with E-state index in [1.165, 1.54) is 24.0 Å². The van der Waals surface area contributed by atoms with Gasteiger partial charge in [-0.15, -0.1) is 0 Å². The molecule has 0 aliphatic carbocycles. The maximum atomic E-state index is 11.9. The van der Waals surface area contributed by atoms with Gasteiger partial charge in [-0.05, 0) is 31.0 Å². The van der Waals surface area contributed by atoms with Gasteiger partial charge >= 0.3 is 35.8 Å². The lowest BCUT2D eigenvalue weighted by Crippen LogP contribution is -2.55. The number of nitrogens with zero attached hydrogens (tertiary/aromatic N) is 3. The third kappa shape index (κ3) is 16.7. The van der Waals surface area contributed by atoms with Crippen LogP contribution in [0.4, 0.5) is 5.69 Å². The van der Waals surface area contributed by atoms with Crippen molar-refractivity contribution in [1.29, 1.82) is 0 Å². The minimum atomic E-state index is -1.34. The van der Waals surface area contributed by atoms with E-state index < -0.39 is 86.5 Å². The van der Waals surface area contributed by atoms with Crippen LogP contribution in [0.5, 0.6) is 0 Å². The standard InChI is InChI=1S/C26H37N5O13/c1-16(30(12-23(37)38)13-24(39)40)9-29(11-22(35)36)10-19(28-31(14-25(41)42)15-26(43)44)8-17-2-4-18(5-3-17)27-20(32)6-7-21(33)34/h2-5,16,19,28H,6-15H2,1H3,(H,27,32)(H,33,34)(H,35,36)(H,37,38)(H,39,40)(H,41,42)(H,43,44). The summed E-state index contributed by atoms with van der Waals surface area (Å²) >= 11 is 0. The first-order chi connectivity index (χ1) is 20.5. The van der Waals surface area contributed by atoms with Crippen LogP contribution in [0.2, 0.25) is 0 Å². The van der Waals surface area contributed by atoms with E-state index in [9.17, 15) is 59.1 Å². The largest absolute Gasteiger partial charge is 0.481 e. The molecule has 0 heterocycles. The van der Waals surface area contributed by atoms with Crippen LogP contribution in [-0.4, -0.2) is 145 Å². The first-order valence-corrected chi connectivity index (χ1v) is 13.2. The molecule has 0 bridgehead atoms. The van der Waals surface area contributed by atoms with Gasteiger partial charge in [-0.3, -0.25) is 43.4 Å². The quantitative estimate of drug-likeness (QED) is 0.0649. The zero-order chi connectivity index (χ0) is 33.4. The fourth-order valence-corrected chi connectivity index (χ4v) is 4.25. The molecule has 2 unspecified atom stereocenters. The topological polar surface area (TPSA) is 275 Å². The first kappa shape index (κ1) is 37.4. The molecule has 0 saturated heterocycles. The summed E-state index contributed by atoms with van der Waals surface area (Å²) in [6.07, 6.45) is -0.488. The van der Waals surface area contributed by atoms with Gasteiger partial charge in [-0.2, -0.15) is 0 Å². The first-order valence-electron chi connectivity index (χ1n) is 13.2. The second-order valence-corrected chi connectivity index (χ2v) is 9.94. The van der Waals surface area contributed by atoms with Crippen LogP contribution >= 0.6 is 0 Å². The minimum Gasteiger partial charge on any atom is -0.481 e. The molecule has 0 spiro atoms. The van der Waals surface area contributed by atoms with Crippen molar-refractivity contribution < 1.29 is 64.2 Å². The highest BCUT2D eigenvalue weighted by atomic mass is 16.4. The van der Waals surface area contributed by atoms with Gasteiger partial charge in [0.2, 0.25) is 5.91 Å². The van der Waals surface area contributed by atoms with Crippen molar-refractivity contribution in [3.63, 3.8) is 0 Å². The van der Waals surface area contributed by atoms with Crippen LogP contribution in [0.15, 0.2) is 24.3 Å².